The second kappa shape index (κ2) is 5.59. The van der Waals surface area contributed by atoms with Crippen molar-refractivity contribution in [2.75, 3.05) is 11.4 Å². The molecule has 4 rings (SSSR count). The molecule has 0 N–H and O–H groups in total. The lowest BCUT2D eigenvalue weighted by atomic mass is 10.2. The quantitative estimate of drug-likeness (QED) is 0.684. The van der Waals surface area contributed by atoms with Crippen molar-refractivity contribution in [3.63, 3.8) is 0 Å². The average Bonchev–Trinajstić information content (AvgIpc) is 3.17. The molecule has 0 radical (unpaired) electrons. The summed E-state index contributed by atoms with van der Waals surface area (Å²) in [4.78, 5) is 6.42. The van der Waals surface area contributed by atoms with Crippen molar-refractivity contribution in [1.82, 2.24) is 14.6 Å². The van der Waals surface area contributed by atoms with Crippen LogP contribution >= 0.6 is 11.6 Å². The van der Waals surface area contributed by atoms with Gasteiger partial charge >= 0.3 is 0 Å². The van der Waals surface area contributed by atoms with Gasteiger partial charge in [0.05, 0.1) is 5.02 Å². The summed E-state index contributed by atoms with van der Waals surface area (Å²) in [5.41, 5.74) is 1.82. The van der Waals surface area contributed by atoms with Crippen molar-refractivity contribution in [2.45, 2.75) is 13.0 Å². The standard InChI is InChI=1S/C17H15ClN4O/c1-12-3-2-7-21(12)13-4-5-16(15(18)9-13)23-14-6-8-22-17(10-14)19-11-20-22/h2-6,8-12H,7H2,1H3. The Balaban J connectivity index is 1.59. The molecule has 1 unspecified atom stereocenters. The van der Waals surface area contributed by atoms with Crippen molar-refractivity contribution >= 4 is 22.9 Å². The van der Waals surface area contributed by atoms with Crippen LogP contribution in [0.5, 0.6) is 11.5 Å². The zero-order chi connectivity index (χ0) is 15.8. The average molecular weight is 327 g/mol. The zero-order valence-electron chi connectivity index (χ0n) is 12.6. The van der Waals surface area contributed by atoms with Gasteiger partial charge in [0.25, 0.3) is 0 Å². The zero-order valence-corrected chi connectivity index (χ0v) is 13.3. The summed E-state index contributed by atoms with van der Waals surface area (Å²) in [6, 6.07) is 9.91. The van der Waals surface area contributed by atoms with E-state index in [1.165, 1.54) is 6.33 Å². The van der Waals surface area contributed by atoms with Gasteiger partial charge in [-0.3, -0.25) is 0 Å². The highest BCUT2D eigenvalue weighted by molar-refractivity contribution is 6.32. The van der Waals surface area contributed by atoms with Crippen LogP contribution in [-0.4, -0.2) is 27.2 Å². The van der Waals surface area contributed by atoms with E-state index in [2.05, 4.69) is 34.1 Å². The van der Waals surface area contributed by atoms with E-state index in [0.29, 0.717) is 22.6 Å². The predicted octanol–water partition coefficient (Wildman–Crippen LogP) is 3.94. The minimum atomic E-state index is 0.383. The Morgan fingerprint density at radius 2 is 2.17 bits per heavy atom. The molecule has 0 fully saturated rings. The number of ether oxygens (including phenoxy) is 1. The van der Waals surface area contributed by atoms with Gasteiger partial charge in [0.2, 0.25) is 0 Å². The summed E-state index contributed by atoms with van der Waals surface area (Å²) in [6.07, 6.45) is 7.66. The molecule has 0 amide bonds. The number of aromatic nitrogens is 3. The minimum absolute atomic E-state index is 0.383. The lowest BCUT2D eigenvalue weighted by molar-refractivity contribution is 0.482. The summed E-state index contributed by atoms with van der Waals surface area (Å²) in [7, 11) is 0. The smallest absolute Gasteiger partial charge is 0.158 e. The molecule has 6 heteroatoms. The lowest BCUT2D eigenvalue weighted by Crippen LogP contribution is -2.26. The number of nitrogens with zero attached hydrogens (tertiary/aromatic N) is 4. The van der Waals surface area contributed by atoms with Crippen molar-refractivity contribution in [1.29, 1.82) is 0 Å². The molecule has 23 heavy (non-hydrogen) atoms. The van der Waals surface area contributed by atoms with Gasteiger partial charge in [-0.15, -0.1) is 0 Å². The summed E-state index contributed by atoms with van der Waals surface area (Å²) in [6.45, 7) is 3.07. The Kier molecular flexibility index (Phi) is 3.42. The third-order valence-electron chi connectivity index (χ3n) is 3.94. The van der Waals surface area contributed by atoms with Crippen LogP contribution in [0.25, 0.3) is 5.65 Å². The van der Waals surface area contributed by atoms with Gasteiger partial charge in [0.15, 0.2) is 5.65 Å². The fourth-order valence-electron chi connectivity index (χ4n) is 2.72. The highest BCUT2D eigenvalue weighted by Crippen LogP contribution is 2.34. The molecular weight excluding hydrogens is 312 g/mol. The van der Waals surface area contributed by atoms with Gasteiger partial charge in [-0.25, -0.2) is 9.50 Å². The molecule has 1 aliphatic rings. The van der Waals surface area contributed by atoms with Crippen LogP contribution in [0.3, 0.4) is 0 Å². The molecule has 1 aromatic carbocycles. The Morgan fingerprint density at radius 3 is 2.96 bits per heavy atom. The molecule has 0 saturated heterocycles. The van der Waals surface area contributed by atoms with Gasteiger partial charge in [-0.2, -0.15) is 5.10 Å². The predicted molar refractivity (Wildman–Crippen MR) is 90.5 cm³/mol. The van der Waals surface area contributed by atoms with Crippen molar-refractivity contribution < 1.29 is 4.74 Å². The van der Waals surface area contributed by atoms with E-state index in [4.69, 9.17) is 16.3 Å². The summed E-state index contributed by atoms with van der Waals surface area (Å²) < 4.78 is 7.56. The van der Waals surface area contributed by atoms with E-state index in [0.717, 1.165) is 17.9 Å². The van der Waals surface area contributed by atoms with E-state index >= 15 is 0 Å². The molecule has 0 spiro atoms. The van der Waals surface area contributed by atoms with Crippen LogP contribution < -0.4 is 9.64 Å². The third kappa shape index (κ3) is 2.64. The van der Waals surface area contributed by atoms with E-state index in [9.17, 15) is 0 Å². The highest BCUT2D eigenvalue weighted by Gasteiger charge is 2.17. The van der Waals surface area contributed by atoms with Gasteiger partial charge < -0.3 is 9.64 Å². The molecule has 1 atom stereocenters. The molecule has 3 heterocycles. The van der Waals surface area contributed by atoms with E-state index in [-0.39, 0.29) is 0 Å². The van der Waals surface area contributed by atoms with E-state index in [1.807, 2.05) is 30.3 Å². The number of hydrogen-bond donors (Lipinski definition) is 0. The summed E-state index contributed by atoms with van der Waals surface area (Å²) in [5.74, 6) is 1.30. The normalized spacial score (nSPS) is 17.1. The van der Waals surface area contributed by atoms with E-state index < -0.39 is 0 Å². The van der Waals surface area contributed by atoms with Crippen molar-refractivity contribution in [3.05, 3.63) is 60.0 Å². The first kappa shape index (κ1) is 14.1. The number of fused-ring (bicyclic) bond motifs is 1. The monoisotopic (exact) mass is 326 g/mol. The number of benzene rings is 1. The number of hydrogen-bond acceptors (Lipinski definition) is 4. The first-order valence-corrected chi connectivity index (χ1v) is 7.78. The molecule has 3 aromatic rings. The number of pyridine rings is 1. The molecule has 0 bridgehead atoms. The fraction of sp³-hybridized carbons (Fsp3) is 0.176. The SMILES string of the molecule is CC1C=CCN1c1ccc(Oc2ccn3ncnc3c2)c(Cl)c1. The summed E-state index contributed by atoms with van der Waals surface area (Å²) >= 11 is 6.40. The Hall–Kier alpha value is -2.53. The molecule has 2 aromatic heterocycles. The van der Waals surface area contributed by atoms with Gasteiger partial charge in [0.1, 0.15) is 17.8 Å². The molecule has 1 aliphatic heterocycles. The second-order valence-electron chi connectivity index (χ2n) is 5.46. The largest absolute Gasteiger partial charge is 0.456 e. The first-order valence-electron chi connectivity index (χ1n) is 7.41. The Morgan fingerprint density at radius 1 is 1.26 bits per heavy atom. The number of rotatable bonds is 3. The summed E-state index contributed by atoms with van der Waals surface area (Å²) in [5, 5.41) is 4.65. The number of halogens is 1. The van der Waals surface area contributed by atoms with Crippen molar-refractivity contribution in [2.24, 2.45) is 0 Å². The van der Waals surface area contributed by atoms with E-state index in [1.54, 1.807) is 10.7 Å². The van der Waals surface area contributed by atoms with Crippen LogP contribution in [0, 0.1) is 0 Å². The van der Waals surface area contributed by atoms with Gasteiger partial charge in [-0.1, -0.05) is 23.8 Å². The van der Waals surface area contributed by atoms with Crippen LogP contribution in [0.1, 0.15) is 6.92 Å². The molecule has 0 saturated carbocycles. The molecule has 0 aliphatic carbocycles. The van der Waals surface area contributed by atoms with Crippen LogP contribution in [0.2, 0.25) is 5.02 Å². The maximum absolute atomic E-state index is 6.40. The highest BCUT2D eigenvalue weighted by atomic mass is 35.5. The third-order valence-corrected chi connectivity index (χ3v) is 4.23. The Bertz CT molecular complexity index is 889. The maximum atomic E-state index is 6.40. The maximum Gasteiger partial charge on any atom is 0.158 e. The van der Waals surface area contributed by atoms with Crippen molar-refractivity contribution in [3.8, 4) is 11.5 Å². The van der Waals surface area contributed by atoms with Gasteiger partial charge in [0, 0.05) is 30.5 Å². The molecule has 5 nitrogen and oxygen atoms in total. The Labute approximate surface area is 138 Å². The topological polar surface area (TPSA) is 42.7 Å². The molecular formula is C17H15ClN4O. The minimum Gasteiger partial charge on any atom is -0.456 e. The second-order valence-corrected chi connectivity index (χ2v) is 5.87. The van der Waals surface area contributed by atoms with Gasteiger partial charge in [-0.05, 0) is 31.2 Å². The fourth-order valence-corrected chi connectivity index (χ4v) is 2.93. The first-order chi connectivity index (χ1) is 11.2. The lowest BCUT2D eigenvalue weighted by Gasteiger charge is -2.24. The van der Waals surface area contributed by atoms with Crippen LogP contribution in [0.15, 0.2) is 55.0 Å². The van der Waals surface area contributed by atoms with Crippen LogP contribution in [-0.2, 0) is 0 Å². The molecule has 116 valence electrons. The number of anilines is 1. The van der Waals surface area contributed by atoms with Crippen LogP contribution in [0.4, 0.5) is 5.69 Å².